The second-order valence-electron chi connectivity index (χ2n) is 4.31. The first kappa shape index (κ1) is 11.8. The molecule has 2 N–H and O–H groups in total. The lowest BCUT2D eigenvalue weighted by Crippen LogP contribution is -2.07. The highest BCUT2D eigenvalue weighted by Crippen LogP contribution is 2.29. The lowest BCUT2D eigenvalue weighted by atomic mass is 9.86. The van der Waals surface area contributed by atoms with Gasteiger partial charge < -0.3 is 5.73 Å². The summed E-state index contributed by atoms with van der Waals surface area (Å²) < 4.78 is 0. The van der Waals surface area contributed by atoms with Crippen molar-refractivity contribution in [1.29, 1.82) is 0 Å². The molecule has 0 saturated carbocycles. The Morgan fingerprint density at radius 1 is 1.60 bits per heavy atom. The monoisotopic (exact) mass is 203 g/mol. The van der Waals surface area contributed by atoms with E-state index in [1.165, 1.54) is 24.0 Å². The third-order valence-electron chi connectivity index (χ3n) is 2.79. The molecule has 0 saturated heterocycles. The number of allylic oxidation sites excluding steroid dienone is 7. The van der Waals surface area contributed by atoms with Gasteiger partial charge in [0.15, 0.2) is 0 Å². The van der Waals surface area contributed by atoms with Gasteiger partial charge in [0.2, 0.25) is 0 Å². The maximum Gasteiger partial charge on any atom is 0.0125 e. The largest absolute Gasteiger partial charge is 0.402 e. The molecule has 1 unspecified atom stereocenters. The predicted molar refractivity (Wildman–Crippen MR) is 67.3 cm³/mol. The standard InChI is InChI=1S/C14H21N/c1-4-5-9-14(12(3)15)13-8-6-7-11(2)10-13/h4-5,8-9,11H,1,6-7,10,15H2,2-3H3/b9-5-,14-12-. The van der Waals surface area contributed by atoms with Gasteiger partial charge in [0.05, 0.1) is 0 Å². The van der Waals surface area contributed by atoms with E-state index in [4.69, 9.17) is 5.73 Å². The summed E-state index contributed by atoms with van der Waals surface area (Å²) >= 11 is 0. The van der Waals surface area contributed by atoms with Crippen molar-refractivity contribution in [2.24, 2.45) is 11.7 Å². The Balaban J connectivity index is 2.91. The predicted octanol–water partition coefficient (Wildman–Crippen LogP) is 3.71. The summed E-state index contributed by atoms with van der Waals surface area (Å²) in [7, 11) is 0. The van der Waals surface area contributed by atoms with Gasteiger partial charge in [-0.25, -0.2) is 0 Å². The molecule has 1 nitrogen and oxygen atoms in total. The van der Waals surface area contributed by atoms with Crippen LogP contribution in [0, 0.1) is 5.92 Å². The lowest BCUT2D eigenvalue weighted by Gasteiger charge is -2.20. The fraction of sp³-hybridized carbons (Fsp3) is 0.429. The lowest BCUT2D eigenvalue weighted by molar-refractivity contribution is 0.513. The SMILES string of the molecule is C=C/C=C\C(C1=CCCC(C)C1)=C(/C)N. The second kappa shape index (κ2) is 5.59. The summed E-state index contributed by atoms with van der Waals surface area (Å²) in [6, 6.07) is 0. The molecule has 1 heteroatoms. The van der Waals surface area contributed by atoms with E-state index in [9.17, 15) is 0 Å². The highest BCUT2D eigenvalue weighted by Gasteiger charge is 2.13. The molecule has 0 heterocycles. The van der Waals surface area contributed by atoms with Crippen molar-refractivity contribution >= 4 is 0 Å². The highest BCUT2D eigenvalue weighted by atomic mass is 14.6. The van der Waals surface area contributed by atoms with E-state index in [0.29, 0.717) is 0 Å². The Hall–Kier alpha value is -1.24. The second-order valence-corrected chi connectivity index (χ2v) is 4.31. The zero-order chi connectivity index (χ0) is 11.3. The Labute approximate surface area is 93.1 Å². The van der Waals surface area contributed by atoms with E-state index in [2.05, 4.69) is 25.7 Å². The molecule has 0 fully saturated rings. The Kier molecular flexibility index (Phi) is 4.41. The molecule has 1 rings (SSSR count). The van der Waals surface area contributed by atoms with E-state index in [1.54, 1.807) is 6.08 Å². The summed E-state index contributed by atoms with van der Waals surface area (Å²) in [5.41, 5.74) is 9.38. The van der Waals surface area contributed by atoms with Crippen LogP contribution >= 0.6 is 0 Å². The van der Waals surface area contributed by atoms with E-state index in [-0.39, 0.29) is 0 Å². The number of rotatable bonds is 3. The van der Waals surface area contributed by atoms with Crippen molar-refractivity contribution in [3.8, 4) is 0 Å². The van der Waals surface area contributed by atoms with Crippen LogP contribution < -0.4 is 5.73 Å². The molecule has 1 atom stereocenters. The minimum Gasteiger partial charge on any atom is -0.402 e. The van der Waals surface area contributed by atoms with E-state index < -0.39 is 0 Å². The zero-order valence-electron chi connectivity index (χ0n) is 9.79. The maximum absolute atomic E-state index is 5.91. The molecule has 15 heavy (non-hydrogen) atoms. The number of hydrogen-bond donors (Lipinski definition) is 1. The quantitative estimate of drug-likeness (QED) is 0.695. The average Bonchev–Trinajstić information content (AvgIpc) is 2.18. The van der Waals surface area contributed by atoms with Crippen LogP contribution in [-0.4, -0.2) is 0 Å². The van der Waals surface area contributed by atoms with Gasteiger partial charge in [-0.05, 0) is 43.3 Å². The molecule has 0 radical (unpaired) electrons. The topological polar surface area (TPSA) is 26.0 Å². The van der Waals surface area contributed by atoms with Crippen molar-refractivity contribution in [3.05, 3.63) is 47.7 Å². The summed E-state index contributed by atoms with van der Waals surface area (Å²) in [5.74, 6) is 0.775. The first-order valence-electron chi connectivity index (χ1n) is 5.60. The van der Waals surface area contributed by atoms with Gasteiger partial charge >= 0.3 is 0 Å². The van der Waals surface area contributed by atoms with Crippen molar-refractivity contribution in [2.75, 3.05) is 0 Å². The summed E-state index contributed by atoms with van der Waals surface area (Å²) in [4.78, 5) is 0. The summed E-state index contributed by atoms with van der Waals surface area (Å²) in [5, 5.41) is 0. The van der Waals surface area contributed by atoms with Gasteiger partial charge in [-0.2, -0.15) is 0 Å². The van der Waals surface area contributed by atoms with E-state index in [1.807, 2.05) is 13.0 Å². The van der Waals surface area contributed by atoms with Gasteiger partial charge in [-0.1, -0.05) is 37.8 Å². The molecule has 1 aliphatic carbocycles. The van der Waals surface area contributed by atoms with Crippen LogP contribution in [0.25, 0.3) is 0 Å². The molecule has 0 amide bonds. The first-order valence-corrected chi connectivity index (χ1v) is 5.60. The van der Waals surface area contributed by atoms with Gasteiger partial charge in [-0.3, -0.25) is 0 Å². The van der Waals surface area contributed by atoms with E-state index >= 15 is 0 Å². The van der Waals surface area contributed by atoms with Crippen LogP contribution in [0.4, 0.5) is 0 Å². The van der Waals surface area contributed by atoms with Crippen LogP contribution in [0.5, 0.6) is 0 Å². The average molecular weight is 203 g/mol. The molecule has 0 bridgehead atoms. The molecule has 0 aromatic rings. The first-order chi connectivity index (χ1) is 7.15. The zero-order valence-corrected chi connectivity index (χ0v) is 9.79. The smallest absolute Gasteiger partial charge is 0.0125 e. The Morgan fingerprint density at radius 2 is 2.33 bits per heavy atom. The van der Waals surface area contributed by atoms with Crippen LogP contribution in [0.1, 0.15) is 33.1 Å². The molecule has 0 aromatic carbocycles. The van der Waals surface area contributed by atoms with Gasteiger partial charge in [0.25, 0.3) is 0 Å². The van der Waals surface area contributed by atoms with Gasteiger partial charge in [-0.15, -0.1) is 0 Å². The summed E-state index contributed by atoms with van der Waals surface area (Å²) in [6.07, 6.45) is 11.7. The van der Waals surface area contributed by atoms with Crippen molar-refractivity contribution in [2.45, 2.75) is 33.1 Å². The summed E-state index contributed by atoms with van der Waals surface area (Å²) in [6.45, 7) is 7.94. The molecule has 1 aliphatic rings. The van der Waals surface area contributed by atoms with Crippen molar-refractivity contribution in [3.63, 3.8) is 0 Å². The van der Waals surface area contributed by atoms with Gasteiger partial charge in [0, 0.05) is 5.70 Å². The number of nitrogens with two attached hydrogens (primary N) is 1. The fourth-order valence-electron chi connectivity index (χ4n) is 1.98. The molecular formula is C14H21N. The molecule has 82 valence electrons. The van der Waals surface area contributed by atoms with Crippen LogP contribution in [0.15, 0.2) is 47.7 Å². The van der Waals surface area contributed by atoms with Crippen LogP contribution in [0.2, 0.25) is 0 Å². The Bertz CT molecular complexity index is 314. The minimum absolute atomic E-state index is 0.775. The normalized spacial score (nSPS) is 23.6. The Morgan fingerprint density at radius 3 is 2.87 bits per heavy atom. The van der Waals surface area contributed by atoms with Crippen LogP contribution in [0.3, 0.4) is 0 Å². The molecule has 0 spiro atoms. The van der Waals surface area contributed by atoms with Gasteiger partial charge in [0.1, 0.15) is 0 Å². The van der Waals surface area contributed by atoms with Crippen molar-refractivity contribution < 1.29 is 0 Å². The third-order valence-corrected chi connectivity index (χ3v) is 2.79. The molecular weight excluding hydrogens is 182 g/mol. The van der Waals surface area contributed by atoms with Crippen molar-refractivity contribution in [1.82, 2.24) is 0 Å². The number of hydrogen-bond acceptors (Lipinski definition) is 1. The highest BCUT2D eigenvalue weighted by molar-refractivity contribution is 5.43. The third kappa shape index (κ3) is 3.43. The maximum atomic E-state index is 5.91. The van der Waals surface area contributed by atoms with Crippen LogP contribution in [-0.2, 0) is 0 Å². The minimum atomic E-state index is 0.775. The fourth-order valence-corrected chi connectivity index (χ4v) is 1.98. The van der Waals surface area contributed by atoms with E-state index in [0.717, 1.165) is 18.0 Å². The molecule has 0 aliphatic heterocycles. The molecule has 0 aromatic heterocycles.